The van der Waals surface area contributed by atoms with E-state index in [0.29, 0.717) is 6.42 Å². The summed E-state index contributed by atoms with van der Waals surface area (Å²) >= 11 is 0. The molecule has 84 valence electrons. The second-order valence-electron chi connectivity index (χ2n) is 3.54. The van der Waals surface area contributed by atoms with Crippen molar-refractivity contribution in [1.82, 2.24) is 0 Å². The van der Waals surface area contributed by atoms with E-state index < -0.39 is 30.7 Å². The van der Waals surface area contributed by atoms with Crippen LogP contribution < -0.4 is 0 Å². The molecule has 5 atom stereocenters. The Bertz CT molecular complexity index is 171. The number of methoxy groups -OCH3 is 1. The molecule has 0 spiro atoms. The van der Waals surface area contributed by atoms with E-state index in [-0.39, 0.29) is 0 Å². The number of rotatable bonds is 3. The molecule has 0 aromatic rings. The van der Waals surface area contributed by atoms with Crippen molar-refractivity contribution in [1.29, 1.82) is 0 Å². The lowest BCUT2D eigenvalue weighted by atomic mass is 9.96. The zero-order valence-corrected chi connectivity index (χ0v) is 8.46. The van der Waals surface area contributed by atoms with Crippen molar-refractivity contribution in [3.05, 3.63) is 0 Å². The third-order valence-corrected chi connectivity index (χ3v) is 2.47. The molecule has 5 heteroatoms. The summed E-state index contributed by atoms with van der Waals surface area (Å²) in [4.78, 5) is 0. The lowest BCUT2D eigenvalue weighted by molar-refractivity contribution is -0.290. The van der Waals surface area contributed by atoms with Gasteiger partial charge in [0, 0.05) is 7.11 Å². The Morgan fingerprint density at radius 1 is 1.14 bits per heavy atom. The van der Waals surface area contributed by atoms with E-state index in [9.17, 15) is 15.3 Å². The highest BCUT2D eigenvalue weighted by molar-refractivity contribution is 4.88. The van der Waals surface area contributed by atoms with Crippen LogP contribution in [0.5, 0.6) is 0 Å². The second-order valence-corrected chi connectivity index (χ2v) is 3.54. The fourth-order valence-corrected chi connectivity index (χ4v) is 1.63. The van der Waals surface area contributed by atoms with Gasteiger partial charge in [-0.15, -0.1) is 0 Å². The van der Waals surface area contributed by atoms with Crippen molar-refractivity contribution in [3.8, 4) is 0 Å². The first-order valence-electron chi connectivity index (χ1n) is 4.84. The molecule has 1 aliphatic heterocycles. The number of hydrogen-bond acceptors (Lipinski definition) is 5. The SMILES string of the molecule is CCCC1OC(OC)C(O)C(O)C1O. The molecule has 0 aromatic carbocycles. The minimum absolute atomic E-state index is 0.469. The molecule has 0 aliphatic carbocycles. The van der Waals surface area contributed by atoms with Crippen LogP contribution in [0.25, 0.3) is 0 Å². The molecule has 0 saturated carbocycles. The fourth-order valence-electron chi connectivity index (χ4n) is 1.63. The average Bonchev–Trinajstić information content (AvgIpc) is 2.19. The number of ether oxygens (including phenoxy) is 2. The van der Waals surface area contributed by atoms with Crippen LogP contribution in [0.2, 0.25) is 0 Å². The van der Waals surface area contributed by atoms with Gasteiger partial charge in [0.15, 0.2) is 6.29 Å². The quantitative estimate of drug-likeness (QED) is 0.565. The predicted octanol–water partition coefficient (Wildman–Crippen LogP) is -0.760. The van der Waals surface area contributed by atoms with Gasteiger partial charge in [-0.3, -0.25) is 0 Å². The third-order valence-electron chi connectivity index (χ3n) is 2.47. The molecule has 0 bridgehead atoms. The van der Waals surface area contributed by atoms with E-state index in [1.165, 1.54) is 7.11 Å². The van der Waals surface area contributed by atoms with E-state index in [4.69, 9.17) is 9.47 Å². The van der Waals surface area contributed by atoms with Gasteiger partial charge in [0.25, 0.3) is 0 Å². The lowest BCUT2D eigenvalue weighted by Gasteiger charge is -2.39. The summed E-state index contributed by atoms with van der Waals surface area (Å²) < 4.78 is 10.1. The normalized spacial score (nSPS) is 43.9. The number of aliphatic hydroxyl groups excluding tert-OH is 3. The first-order chi connectivity index (χ1) is 6.61. The van der Waals surface area contributed by atoms with E-state index in [1.807, 2.05) is 6.92 Å². The summed E-state index contributed by atoms with van der Waals surface area (Å²) in [5.74, 6) is 0. The smallest absolute Gasteiger partial charge is 0.186 e. The summed E-state index contributed by atoms with van der Waals surface area (Å²) in [7, 11) is 1.39. The highest BCUT2D eigenvalue weighted by Crippen LogP contribution is 2.24. The number of aliphatic hydroxyl groups is 3. The Morgan fingerprint density at radius 3 is 2.29 bits per heavy atom. The molecular weight excluding hydrogens is 188 g/mol. The zero-order chi connectivity index (χ0) is 10.7. The highest BCUT2D eigenvalue weighted by atomic mass is 16.7. The van der Waals surface area contributed by atoms with E-state index >= 15 is 0 Å². The van der Waals surface area contributed by atoms with Gasteiger partial charge in [0.1, 0.15) is 18.3 Å². The van der Waals surface area contributed by atoms with Crippen molar-refractivity contribution in [3.63, 3.8) is 0 Å². The molecule has 0 radical (unpaired) electrons. The van der Waals surface area contributed by atoms with Crippen LogP contribution in [0.15, 0.2) is 0 Å². The highest BCUT2D eigenvalue weighted by Gasteiger charge is 2.43. The largest absolute Gasteiger partial charge is 0.388 e. The maximum atomic E-state index is 9.56. The molecule has 5 nitrogen and oxygen atoms in total. The Labute approximate surface area is 83.3 Å². The summed E-state index contributed by atoms with van der Waals surface area (Å²) in [5, 5.41) is 28.5. The minimum Gasteiger partial charge on any atom is -0.388 e. The van der Waals surface area contributed by atoms with E-state index in [0.717, 1.165) is 6.42 Å². The van der Waals surface area contributed by atoms with Gasteiger partial charge in [-0.25, -0.2) is 0 Å². The predicted molar refractivity (Wildman–Crippen MR) is 48.6 cm³/mol. The second kappa shape index (κ2) is 5.04. The maximum Gasteiger partial charge on any atom is 0.186 e. The van der Waals surface area contributed by atoms with Gasteiger partial charge in [-0.1, -0.05) is 13.3 Å². The van der Waals surface area contributed by atoms with Gasteiger partial charge in [0.2, 0.25) is 0 Å². The molecule has 1 rings (SSSR count). The Balaban J connectivity index is 2.63. The van der Waals surface area contributed by atoms with Crippen molar-refractivity contribution >= 4 is 0 Å². The van der Waals surface area contributed by atoms with Gasteiger partial charge >= 0.3 is 0 Å². The first kappa shape index (κ1) is 11.9. The zero-order valence-electron chi connectivity index (χ0n) is 8.46. The lowest BCUT2D eigenvalue weighted by Crippen LogP contribution is -2.57. The molecule has 1 saturated heterocycles. The summed E-state index contributed by atoms with van der Waals surface area (Å²) in [6.07, 6.45) is -3.30. The molecule has 0 amide bonds. The minimum atomic E-state index is -1.20. The van der Waals surface area contributed by atoms with Crippen LogP contribution in [0.3, 0.4) is 0 Å². The molecule has 0 aromatic heterocycles. The first-order valence-corrected chi connectivity index (χ1v) is 4.84. The molecule has 1 fully saturated rings. The van der Waals surface area contributed by atoms with Crippen molar-refractivity contribution in [2.24, 2.45) is 0 Å². The Hall–Kier alpha value is -0.200. The molecule has 3 N–H and O–H groups in total. The third kappa shape index (κ3) is 2.24. The van der Waals surface area contributed by atoms with Crippen molar-refractivity contribution < 1.29 is 24.8 Å². The van der Waals surface area contributed by atoms with E-state index in [1.54, 1.807) is 0 Å². The topological polar surface area (TPSA) is 79.2 Å². The van der Waals surface area contributed by atoms with Crippen LogP contribution in [-0.2, 0) is 9.47 Å². The fraction of sp³-hybridized carbons (Fsp3) is 1.00. The van der Waals surface area contributed by atoms with Crippen molar-refractivity contribution in [2.75, 3.05) is 7.11 Å². The van der Waals surface area contributed by atoms with E-state index in [2.05, 4.69) is 0 Å². The van der Waals surface area contributed by atoms with Gasteiger partial charge in [-0.2, -0.15) is 0 Å². The molecule has 1 heterocycles. The van der Waals surface area contributed by atoms with Gasteiger partial charge < -0.3 is 24.8 Å². The van der Waals surface area contributed by atoms with Crippen LogP contribution in [-0.4, -0.2) is 53.1 Å². The summed E-state index contributed by atoms with van der Waals surface area (Å²) in [6.45, 7) is 1.95. The monoisotopic (exact) mass is 206 g/mol. The Morgan fingerprint density at radius 2 is 1.79 bits per heavy atom. The van der Waals surface area contributed by atoms with Crippen LogP contribution >= 0.6 is 0 Å². The van der Waals surface area contributed by atoms with Crippen molar-refractivity contribution in [2.45, 2.75) is 50.5 Å². The maximum absolute atomic E-state index is 9.56. The molecule has 1 aliphatic rings. The molecule has 5 unspecified atom stereocenters. The number of hydrogen-bond donors (Lipinski definition) is 3. The van der Waals surface area contributed by atoms with Crippen LogP contribution in [0.4, 0.5) is 0 Å². The molecule has 14 heavy (non-hydrogen) atoms. The average molecular weight is 206 g/mol. The summed E-state index contributed by atoms with van der Waals surface area (Å²) in [6, 6.07) is 0. The Kier molecular flexibility index (Phi) is 4.28. The standard InChI is InChI=1S/C9H18O5/c1-3-4-5-6(10)7(11)8(12)9(13-2)14-5/h5-12H,3-4H2,1-2H3. The molecular formula is C9H18O5. The van der Waals surface area contributed by atoms with Crippen LogP contribution in [0.1, 0.15) is 19.8 Å². The van der Waals surface area contributed by atoms with Gasteiger partial charge in [-0.05, 0) is 6.42 Å². The summed E-state index contributed by atoms with van der Waals surface area (Å²) in [5.41, 5.74) is 0. The van der Waals surface area contributed by atoms with Crippen LogP contribution in [0, 0.1) is 0 Å². The van der Waals surface area contributed by atoms with Gasteiger partial charge in [0.05, 0.1) is 6.10 Å².